The molecule has 40 heavy (non-hydrogen) atoms. The van der Waals surface area contributed by atoms with Gasteiger partial charge in [-0.05, 0) is 36.0 Å². The molecule has 8 nitrogen and oxygen atoms in total. The second kappa shape index (κ2) is 15.1. The summed E-state index contributed by atoms with van der Waals surface area (Å²) in [6.45, 7) is 6.01. The molecular weight excluding hydrogens is 508 g/mol. The second-order valence-corrected chi connectivity index (χ2v) is 10.8. The van der Waals surface area contributed by atoms with Gasteiger partial charge in [0.1, 0.15) is 0 Å². The van der Waals surface area contributed by atoms with Gasteiger partial charge in [0, 0.05) is 50.5 Å². The molecule has 1 saturated heterocycles. The Balaban J connectivity index is 1.43. The van der Waals surface area contributed by atoms with Crippen molar-refractivity contribution in [1.29, 1.82) is 0 Å². The molecule has 1 aliphatic carbocycles. The van der Waals surface area contributed by atoms with E-state index < -0.39 is 12.3 Å². The van der Waals surface area contributed by atoms with Crippen molar-refractivity contribution in [2.24, 2.45) is 0 Å². The number of amides is 1. The van der Waals surface area contributed by atoms with Gasteiger partial charge in [-0.15, -0.1) is 6.58 Å². The normalized spacial score (nSPS) is 21.4. The van der Waals surface area contributed by atoms with Gasteiger partial charge in [-0.2, -0.15) is 0 Å². The largest absolute Gasteiger partial charge is 0.481 e. The molecule has 0 radical (unpaired) electrons. The Labute approximate surface area is 237 Å². The third-order valence-electron chi connectivity index (χ3n) is 7.79. The smallest absolute Gasteiger partial charge is 0.303 e. The molecule has 2 aromatic carbocycles. The number of aliphatic carboxylic acids is 1. The number of hydrogen-bond acceptors (Lipinski definition) is 6. The molecule has 0 aromatic heterocycles. The Morgan fingerprint density at radius 2 is 1.65 bits per heavy atom. The maximum absolute atomic E-state index is 12.0. The molecule has 2 aromatic rings. The van der Waals surface area contributed by atoms with Crippen LogP contribution in [0.4, 0.5) is 0 Å². The van der Waals surface area contributed by atoms with Crippen LogP contribution in [0.2, 0.25) is 0 Å². The van der Waals surface area contributed by atoms with E-state index in [1.807, 2.05) is 54.6 Å². The van der Waals surface area contributed by atoms with E-state index in [-0.39, 0.29) is 37.6 Å². The van der Waals surface area contributed by atoms with Crippen LogP contribution < -0.4 is 5.32 Å². The van der Waals surface area contributed by atoms with E-state index in [1.54, 1.807) is 0 Å². The Kier molecular flexibility index (Phi) is 11.3. The summed E-state index contributed by atoms with van der Waals surface area (Å²) in [5.41, 5.74) is 3.78. The summed E-state index contributed by atoms with van der Waals surface area (Å²) in [5, 5.41) is 21.1. The molecule has 2 aliphatic rings. The van der Waals surface area contributed by atoms with Gasteiger partial charge in [0.2, 0.25) is 5.91 Å². The predicted octanol–water partition coefficient (Wildman–Crippen LogP) is 5.03. The number of ether oxygens (including phenoxy) is 2. The minimum atomic E-state index is -0.894. The highest BCUT2D eigenvalue weighted by Crippen LogP contribution is 2.38. The highest BCUT2D eigenvalue weighted by atomic mass is 16.7. The van der Waals surface area contributed by atoms with Gasteiger partial charge in [0.15, 0.2) is 6.29 Å². The number of benzene rings is 2. The summed E-state index contributed by atoms with van der Waals surface area (Å²) >= 11 is 0. The third-order valence-corrected chi connectivity index (χ3v) is 7.79. The molecule has 1 saturated carbocycles. The van der Waals surface area contributed by atoms with E-state index in [4.69, 9.17) is 14.6 Å². The van der Waals surface area contributed by atoms with Crippen LogP contribution in [0.1, 0.15) is 86.0 Å². The van der Waals surface area contributed by atoms with E-state index >= 15 is 0 Å². The highest BCUT2D eigenvalue weighted by Gasteiger charge is 2.34. The summed E-state index contributed by atoms with van der Waals surface area (Å²) in [7, 11) is 0. The summed E-state index contributed by atoms with van der Waals surface area (Å²) in [4.78, 5) is 25.2. The number of aliphatic hydroxyl groups excluding tert-OH is 1. The van der Waals surface area contributed by atoms with E-state index in [0.717, 1.165) is 41.8 Å². The number of carbonyl (C=O) groups is 2. The van der Waals surface area contributed by atoms with E-state index in [2.05, 4.69) is 16.8 Å². The minimum absolute atomic E-state index is 0.00715. The van der Waals surface area contributed by atoms with Crippen molar-refractivity contribution < 1.29 is 29.3 Å². The molecule has 0 unspecified atom stereocenters. The van der Waals surface area contributed by atoms with E-state index in [9.17, 15) is 14.7 Å². The SMILES string of the molecule is C=CCN(C[C@H]1C[C@@H](c2ccc(CO)cc2)O[C@@H](c2ccc(CNC(=O)CCCC(=O)O)cc2)O1)C1CCCC1. The van der Waals surface area contributed by atoms with Crippen molar-refractivity contribution in [2.75, 3.05) is 13.1 Å². The van der Waals surface area contributed by atoms with Crippen LogP contribution in [0.25, 0.3) is 0 Å². The third kappa shape index (κ3) is 8.73. The molecule has 2 fully saturated rings. The molecule has 1 aliphatic heterocycles. The number of carbonyl (C=O) groups excluding carboxylic acids is 1. The van der Waals surface area contributed by atoms with Gasteiger partial charge in [0.05, 0.1) is 18.8 Å². The number of aliphatic hydroxyl groups is 1. The molecule has 4 rings (SSSR count). The number of carboxylic acid groups (broad SMARTS) is 1. The van der Waals surface area contributed by atoms with Crippen LogP contribution >= 0.6 is 0 Å². The van der Waals surface area contributed by atoms with E-state index in [0.29, 0.717) is 19.0 Å². The Hall–Kier alpha value is -3.04. The fourth-order valence-electron chi connectivity index (χ4n) is 5.58. The van der Waals surface area contributed by atoms with Crippen molar-refractivity contribution in [3.8, 4) is 0 Å². The molecule has 216 valence electrons. The van der Waals surface area contributed by atoms with Crippen molar-refractivity contribution in [1.82, 2.24) is 10.2 Å². The van der Waals surface area contributed by atoms with Gasteiger partial charge in [0.25, 0.3) is 0 Å². The number of nitrogens with one attached hydrogen (secondary N) is 1. The quantitative estimate of drug-likeness (QED) is 0.283. The Morgan fingerprint density at radius 3 is 2.30 bits per heavy atom. The Bertz CT molecular complexity index is 1100. The first-order chi connectivity index (χ1) is 19.4. The number of carboxylic acids is 1. The lowest BCUT2D eigenvalue weighted by Gasteiger charge is -2.39. The first-order valence-corrected chi connectivity index (χ1v) is 14.4. The summed E-state index contributed by atoms with van der Waals surface area (Å²) in [5.74, 6) is -1.05. The van der Waals surface area contributed by atoms with Crippen molar-refractivity contribution in [3.05, 3.63) is 83.4 Å². The van der Waals surface area contributed by atoms with Crippen LogP contribution in [0.3, 0.4) is 0 Å². The lowest BCUT2D eigenvalue weighted by molar-refractivity contribution is -0.253. The zero-order chi connectivity index (χ0) is 28.3. The first kappa shape index (κ1) is 29.9. The Morgan fingerprint density at radius 1 is 0.975 bits per heavy atom. The highest BCUT2D eigenvalue weighted by molar-refractivity contribution is 5.76. The molecule has 1 amide bonds. The molecule has 3 atom stereocenters. The lowest BCUT2D eigenvalue weighted by Crippen LogP contribution is -2.43. The summed E-state index contributed by atoms with van der Waals surface area (Å²) < 4.78 is 13.0. The molecular formula is C32H42N2O6. The van der Waals surface area contributed by atoms with Crippen LogP contribution in [-0.4, -0.2) is 52.2 Å². The molecule has 8 heteroatoms. The van der Waals surface area contributed by atoms with Crippen LogP contribution in [0.5, 0.6) is 0 Å². The predicted molar refractivity (Wildman–Crippen MR) is 152 cm³/mol. The monoisotopic (exact) mass is 550 g/mol. The topological polar surface area (TPSA) is 108 Å². The summed E-state index contributed by atoms with van der Waals surface area (Å²) in [6.07, 6.45) is 7.49. The van der Waals surface area contributed by atoms with Gasteiger partial charge in [-0.3, -0.25) is 14.5 Å². The van der Waals surface area contributed by atoms with Crippen LogP contribution in [0, 0.1) is 0 Å². The first-order valence-electron chi connectivity index (χ1n) is 14.4. The molecule has 0 bridgehead atoms. The van der Waals surface area contributed by atoms with Crippen LogP contribution in [-0.2, 0) is 32.2 Å². The molecule has 3 N–H and O–H groups in total. The zero-order valence-corrected chi connectivity index (χ0v) is 23.2. The lowest BCUT2D eigenvalue weighted by atomic mass is 9.99. The average molecular weight is 551 g/mol. The van der Waals surface area contributed by atoms with E-state index in [1.165, 1.54) is 25.7 Å². The number of rotatable bonds is 14. The van der Waals surface area contributed by atoms with Crippen molar-refractivity contribution >= 4 is 11.9 Å². The molecule has 1 heterocycles. The van der Waals surface area contributed by atoms with Gasteiger partial charge in [-0.25, -0.2) is 0 Å². The zero-order valence-electron chi connectivity index (χ0n) is 23.2. The van der Waals surface area contributed by atoms with Gasteiger partial charge < -0.3 is 25.0 Å². The van der Waals surface area contributed by atoms with Crippen molar-refractivity contribution in [3.63, 3.8) is 0 Å². The second-order valence-electron chi connectivity index (χ2n) is 10.8. The number of nitrogens with zero attached hydrogens (tertiary/aromatic N) is 1. The fraction of sp³-hybridized carbons (Fsp3) is 0.500. The standard InChI is InChI=1S/C32H42N2O6/c1-2-18-34(27-6-3-4-7-27)21-28-19-29(25-14-12-24(22-35)13-15-25)40-32(39-28)26-16-10-23(11-17-26)20-33-30(36)8-5-9-31(37)38/h2,10-17,27-29,32,35H,1,3-9,18-22H2,(H,33,36)(H,37,38)/t28-,29+,32+/m1/s1. The van der Waals surface area contributed by atoms with Crippen molar-refractivity contribution in [2.45, 2.75) is 89.1 Å². The summed E-state index contributed by atoms with van der Waals surface area (Å²) in [6, 6.07) is 16.3. The minimum Gasteiger partial charge on any atom is -0.481 e. The van der Waals surface area contributed by atoms with Gasteiger partial charge in [-0.1, -0.05) is 67.4 Å². The number of hydrogen-bond donors (Lipinski definition) is 3. The average Bonchev–Trinajstić information content (AvgIpc) is 3.51. The fourth-order valence-corrected chi connectivity index (χ4v) is 5.58. The van der Waals surface area contributed by atoms with Gasteiger partial charge >= 0.3 is 5.97 Å². The maximum atomic E-state index is 12.0. The molecule has 0 spiro atoms. The maximum Gasteiger partial charge on any atom is 0.303 e. The van der Waals surface area contributed by atoms with Crippen LogP contribution in [0.15, 0.2) is 61.2 Å².